The first-order chi connectivity index (χ1) is 5.52. The lowest BCUT2D eigenvalue weighted by Gasteiger charge is -2.13. The molecule has 1 rings (SSSR count). The van der Waals surface area contributed by atoms with E-state index in [2.05, 4.69) is 0 Å². The first-order valence-electron chi connectivity index (χ1n) is 3.99. The first-order valence-corrected chi connectivity index (χ1v) is 3.99. The van der Waals surface area contributed by atoms with Crippen LogP contribution in [-0.2, 0) is 9.59 Å². The molecule has 68 valence electrons. The predicted octanol–water partition coefficient (Wildman–Crippen LogP) is 0.185. The molecule has 1 N–H and O–H groups in total. The van der Waals surface area contributed by atoms with Gasteiger partial charge >= 0.3 is 5.97 Å². The van der Waals surface area contributed by atoms with Crippen molar-refractivity contribution in [2.45, 2.75) is 13.3 Å². The molecule has 4 nitrogen and oxygen atoms in total. The van der Waals surface area contributed by atoms with Gasteiger partial charge in [0.25, 0.3) is 0 Å². The minimum absolute atomic E-state index is 0.0371. The van der Waals surface area contributed by atoms with Gasteiger partial charge in [0.05, 0.1) is 0 Å². The molecule has 0 spiro atoms. The van der Waals surface area contributed by atoms with Crippen LogP contribution in [0.4, 0.5) is 0 Å². The smallest absolute Gasteiger partial charge is 0.323 e. The highest BCUT2D eigenvalue weighted by Gasteiger charge is 2.40. The summed E-state index contributed by atoms with van der Waals surface area (Å²) in [6.45, 7) is 1.80. The average molecular weight is 171 g/mol. The lowest BCUT2D eigenvalue weighted by molar-refractivity contribution is -0.144. The molecule has 0 bridgehead atoms. The Hall–Kier alpha value is -1.06. The van der Waals surface area contributed by atoms with Crippen LogP contribution in [0.5, 0.6) is 0 Å². The van der Waals surface area contributed by atoms with Gasteiger partial charge in [0, 0.05) is 13.0 Å². The maximum absolute atomic E-state index is 11.3. The number of rotatable bonds is 3. The van der Waals surface area contributed by atoms with E-state index in [1.807, 2.05) is 6.92 Å². The van der Waals surface area contributed by atoms with Crippen molar-refractivity contribution in [3.05, 3.63) is 0 Å². The molecule has 1 amide bonds. The van der Waals surface area contributed by atoms with Crippen LogP contribution in [0.2, 0.25) is 0 Å². The second-order valence-corrected chi connectivity index (χ2v) is 3.41. The summed E-state index contributed by atoms with van der Waals surface area (Å²) in [4.78, 5) is 22.8. The minimum atomic E-state index is -0.959. The number of hydrogen-bond acceptors (Lipinski definition) is 2. The normalized spacial score (nSPS) is 26.5. The largest absolute Gasteiger partial charge is 0.480 e. The number of carboxylic acid groups (broad SMARTS) is 1. The Kier molecular flexibility index (Phi) is 2.35. The van der Waals surface area contributed by atoms with Gasteiger partial charge < -0.3 is 10.0 Å². The third-order valence-electron chi connectivity index (χ3n) is 2.18. The van der Waals surface area contributed by atoms with Crippen molar-refractivity contribution in [3.8, 4) is 0 Å². The molecule has 1 aliphatic carbocycles. The molecule has 0 aliphatic heterocycles. The molecule has 2 unspecified atom stereocenters. The number of carbonyl (C=O) groups excluding carboxylic acids is 1. The molecule has 2 atom stereocenters. The summed E-state index contributed by atoms with van der Waals surface area (Å²) in [5, 5.41) is 8.41. The molecule has 1 fully saturated rings. The summed E-state index contributed by atoms with van der Waals surface area (Å²) in [5.74, 6) is -0.479. The molecule has 1 aliphatic rings. The zero-order valence-electron chi connectivity index (χ0n) is 7.28. The quantitative estimate of drug-likeness (QED) is 0.659. The fourth-order valence-corrected chi connectivity index (χ4v) is 1.23. The van der Waals surface area contributed by atoms with Crippen LogP contribution in [-0.4, -0.2) is 35.5 Å². The van der Waals surface area contributed by atoms with Gasteiger partial charge in [0.1, 0.15) is 6.54 Å². The maximum Gasteiger partial charge on any atom is 0.323 e. The van der Waals surface area contributed by atoms with Gasteiger partial charge in [-0.15, -0.1) is 0 Å². The number of hydrogen-bond donors (Lipinski definition) is 1. The van der Waals surface area contributed by atoms with E-state index in [4.69, 9.17) is 5.11 Å². The average Bonchev–Trinajstić information content (AvgIpc) is 2.64. The molecule has 0 heterocycles. The SMILES string of the molecule is CC1CC1C(=O)N(C)CC(=O)O. The highest BCUT2D eigenvalue weighted by molar-refractivity contribution is 5.84. The van der Waals surface area contributed by atoms with Crippen LogP contribution in [0.1, 0.15) is 13.3 Å². The van der Waals surface area contributed by atoms with Crippen molar-refractivity contribution in [2.75, 3.05) is 13.6 Å². The first kappa shape index (κ1) is 9.03. The Labute approximate surface area is 71.2 Å². The van der Waals surface area contributed by atoms with Crippen molar-refractivity contribution in [3.63, 3.8) is 0 Å². The Morgan fingerprint density at radius 3 is 2.42 bits per heavy atom. The van der Waals surface area contributed by atoms with Crippen molar-refractivity contribution in [1.29, 1.82) is 0 Å². The summed E-state index contributed by atoms with van der Waals surface area (Å²) < 4.78 is 0. The molecule has 1 saturated carbocycles. The van der Waals surface area contributed by atoms with Gasteiger partial charge in [-0.2, -0.15) is 0 Å². The van der Waals surface area contributed by atoms with Gasteiger partial charge in [0.15, 0.2) is 0 Å². The van der Waals surface area contributed by atoms with Crippen LogP contribution in [0, 0.1) is 11.8 Å². The molecule has 0 saturated heterocycles. The molecule has 4 heteroatoms. The highest BCUT2D eigenvalue weighted by atomic mass is 16.4. The third-order valence-corrected chi connectivity index (χ3v) is 2.18. The molecule has 0 aromatic carbocycles. The van der Waals surface area contributed by atoms with Gasteiger partial charge in [0.2, 0.25) is 5.91 Å². The molecular weight excluding hydrogens is 158 g/mol. The highest BCUT2D eigenvalue weighted by Crippen LogP contribution is 2.38. The lowest BCUT2D eigenvalue weighted by Crippen LogP contribution is -2.33. The number of carboxylic acids is 1. The van der Waals surface area contributed by atoms with Crippen molar-refractivity contribution < 1.29 is 14.7 Å². The van der Waals surface area contributed by atoms with Gasteiger partial charge in [-0.05, 0) is 12.3 Å². The standard InChI is InChI=1S/C8H13NO3/c1-5-3-6(5)8(12)9(2)4-7(10)11/h5-6H,3-4H2,1-2H3,(H,10,11). The number of aliphatic carboxylic acids is 1. The third kappa shape index (κ3) is 1.96. The topological polar surface area (TPSA) is 57.6 Å². The second-order valence-electron chi connectivity index (χ2n) is 3.41. The van der Waals surface area contributed by atoms with Crippen LogP contribution in [0.25, 0.3) is 0 Å². The van der Waals surface area contributed by atoms with Gasteiger partial charge in [-0.1, -0.05) is 6.92 Å². The molecule has 0 aromatic rings. The summed E-state index contributed by atoms with van der Waals surface area (Å²) in [6, 6.07) is 0. The number of nitrogens with zero attached hydrogens (tertiary/aromatic N) is 1. The van der Waals surface area contributed by atoms with Crippen molar-refractivity contribution in [1.82, 2.24) is 4.90 Å². The van der Waals surface area contributed by atoms with E-state index in [0.717, 1.165) is 6.42 Å². The Balaban J connectivity index is 2.37. The maximum atomic E-state index is 11.3. The van der Waals surface area contributed by atoms with E-state index >= 15 is 0 Å². The van der Waals surface area contributed by atoms with Crippen molar-refractivity contribution >= 4 is 11.9 Å². The van der Waals surface area contributed by atoms with E-state index < -0.39 is 5.97 Å². The zero-order valence-corrected chi connectivity index (χ0v) is 7.28. The van der Waals surface area contributed by atoms with Crippen LogP contribution < -0.4 is 0 Å². The minimum Gasteiger partial charge on any atom is -0.480 e. The van der Waals surface area contributed by atoms with Crippen LogP contribution in [0.3, 0.4) is 0 Å². The Morgan fingerprint density at radius 1 is 1.58 bits per heavy atom. The summed E-state index contributed by atoms with van der Waals surface area (Å²) >= 11 is 0. The van der Waals surface area contributed by atoms with E-state index in [0.29, 0.717) is 5.92 Å². The molecule has 12 heavy (non-hydrogen) atoms. The van der Waals surface area contributed by atoms with E-state index in [1.165, 1.54) is 11.9 Å². The lowest BCUT2D eigenvalue weighted by atomic mass is 10.3. The van der Waals surface area contributed by atoms with Crippen molar-refractivity contribution in [2.24, 2.45) is 11.8 Å². The second kappa shape index (κ2) is 3.13. The summed E-state index contributed by atoms with van der Waals surface area (Å²) in [5.41, 5.74) is 0. The van der Waals surface area contributed by atoms with E-state index in [9.17, 15) is 9.59 Å². The molecular formula is C8H13NO3. The van der Waals surface area contributed by atoms with Crippen LogP contribution >= 0.6 is 0 Å². The van der Waals surface area contributed by atoms with Gasteiger partial charge in [-0.3, -0.25) is 9.59 Å². The summed E-state index contributed by atoms with van der Waals surface area (Å²) in [6.07, 6.45) is 0.906. The van der Waals surface area contributed by atoms with E-state index in [-0.39, 0.29) is 18.4 Å². The Bertz CT molecular complexity index is 214. The monoisotopic (exact) mass is 171 g/mol. The number of amides is 1. The molecule has 0 radical (unpaired) electrons. The van der Waals surface area contributed by atoms with E-state index in [1.54, 1.807) is 0 Å². The fraction of sp³-hybridized carbons (Fsp3) is 0.750. The zero-order chi connectivity index (χ0) is 9.30. The number of likely N-dealkylation sites (N-methyl/N-ethyl adjacent to an activating group) is 1. The van der Waals surface area contributed by atoms with Crippen LogP contribution in [0.15, 0.2) is 0 Å². The van der Waals surface area contributed by atoms with Gasteiger partial charge in [-0.25, -0.2) is 0 Å². The molecule has 0 aromatic heterocycles. The number of carbonyl (C=O) groups is 2. The fourth-order valence-electron chi connectivity index (χ4n) is 1.23. The summed E-state index contributed by atoms with van der Waals surface area (Å²) in [7, 11) is 1.53. The Morgan fingerprint density at radius 2 is 2.08 bits per heavy atom. The predicted molar refractivity (Wildman–Crippen MR) is 42.5 cm³/mol.